The van der Waals surface area contributed by atoms with E-state index in [1.807, 2.05) is 0 Å². The van der Waals surface area contributed by atoms with Crippen LogP contribution in [0.3, 0.4) is 0 Å². The fraction of sp³-hybridized carbons (Fsp3) is 0.733. The number of likely N-dealkylation sites (tertiary alicyclic amines) is 1. The minimum Gasteiger partial charge on any atom is -0.474 e. The molecule has 6 nitrogen and oxygen atoms in total. The highest BCUT2D eigenvalue weighted by Crippen LogP contribution is 2.13. The van der Waals surface area contributed by atoms with Gasteiger partial charge in [-0.25, -0.2) is 0 Å². The van der Waals surface area contributed by atoms with Gasteiger partial charge >= 0.3 is 0 Å². The Hall–Kier alpha value is -1.40. The van der Waals surface area contributed by atoms with Crippen LogP contribution >= 0.6 is 0 Å². The van der Waals surface area contributed by atoms with Crippen molar-refractivity contribution < 1.29 is 9.84 Å². The van der Waals surface area contributed by atoms with E-state index >= 15 is 0 Å². The van der Waals surface area contributed by atoms with E-state index in [1.54, 1.807) is 12.4 Å². The van der Waals surface area contributed by atoms with Gasteiger partial charge in [-0.3, -0.25) is 4.98 Å². The third-order valence-electron chi connectivity index (χ3n) is 3.58. The normalized spacial score (nSPS) is 18.0. The lowest BCUT2D eigenvalue weighted by Gasteiger charge is -2.24. The fourth-order valence-corrected chi connectivity index (χ4v) is 2.64. The number of aliphatic hydroxyl groups excluding tert-OH is 1. The Labute approximate surface area is 126 Å². The molecule has 1 aromatic rings. The maximum atomic E-state index is 8.75. The van der Waals surface area contributed by atoms with E-state index in [1.165, 1.54) is 38.8 Å². The minimum atomic E-state index is -0.0231. The smallest absolute Gasteiger partial charge is 0.234 e. The number of nitrogens with zero attached hydrogens (tertiary/aromatic N) is 3. The fourth-order valence-electron chi connectivity index (χ4n) is 2.64. The minimum absolute atomic E-state index is 0.0231. The Morgan fingerprint density at radius 3 is 2.76 bits per heavy atom. The Bertz CT molecular complexity index is 408. The lowest BCUT2D eigenvalue weighted by Crippen LogP contribution is -2.35. The number of nitrogens with one attached hydrogen (secondary N) is 1. The van der Waals surface area contributed by atoms with Crippen LogP contribution in [-0.2, 0) is 0 Å². The van der Waals surface area contributed by atoms with Crippen molar-refractivity contribution in [3.05, 3.63) is 12.4 Å². The molecule has 6 heteroatoms. The highest BCUT2D eigenvalue weighted by Gasteiger charge is 2.13. The molecule has 118 valence electrons. The molecule has 0 bridgehead atoms. The van der Waals surface area contributed by atoms with E-state index in [4.69, 9.17) is 9.84 Å². The number of aromatic nitrogens is 2. The predicted molar refractivity (Wildman–Crippen MR) is 82.6 cm³/mol. The van der Waals surface area contributed by atoms with E-state index in [0.717, 1.165) is 6.54 Å². The molecule has 0 radical (unpaired) electrons. The number of anilines is 1. The summed E-state index contributed by atoms with van der Waals surface area (Å²) >= 11 is 0. The molecule has 1 fully saturated rings. The average Bonchev–Trinajstić information content (AvgIpc) is 2.74. The summed E-state index contributed by atoms with van der Waals surface area (Å²) in [6.45, 7) is 5.78. The molecule has 0 aromatic carbocycles. The summed E-state index contributed by atoms with van der Waals surface area (Å²) < 4.78 is 5.27. The Kier molecular flexibility index (Phi) is 6.69. The second-order valence-electron chi connectivity index (χ2n) is 5.57. The first-order chi connectivity index (χ1) is 10.3. The molecule has 1 atom stereocenters. The highest BCUT2D eigenvalue weighted by atomic mass is 16.5. The molecule has 1 aromatic heterocycles. The quantitative estimate of drug-likeness (QED) is 0.794. The summed E-state index contributed by atoms with van der Waals surface area (Å²) in [6, 6.07) is 0.311. The van der Waals surface area contributed by atoms with Gasteiger partial charge in [-0.15, -0.1) is 0 Å². The van der Waals surface area contributed by atoms with Gasteiger partial charge in [0.2, 0.25) is 5.88 Å². The first kappa shape index (κ1) is 16.0. The zero-order valence-corrected chi connectivity index (χ0v) is 12.8. The summed E-state index contributed by atoms with van der Waals surface area (Å²) in [5, 5.41) is 12.1. The van der Waals surface area contributed by atoms with E-state index in [2.05, 4.69) is 27.1 Å². The molecule has 0 amide bonds. The first-order valence-electron chi connectivity index (χ1n) is 7.82. The van der Waals surface area contributed by atoms with Gasteiger partial charge in [-0.2, -0.15) is 4.98 Å². The maximum absolute atomic E-state index is 8.75. The van der Waals surface area contributed by atoms with Gasteiger partial charge in [0.1, 0.15) is 12.4 Å². The van der Waals surface area contributed by atoms with Crippen LogP contribution in [0, 0.1) is 0 Å². The molecule has 2 N–H and O–H groups in total. The van der Waals surface area contributed by atoms with Gasteiger partial charge in [-0.05, 0) is 32.9 Å². The number of hydrogen-bond acceptors (Lipinski definition) is 6. The zero-order valence-electron chi connectivity index (χ0n) is 12.8. The van der Waals surface area contributed by atoms with Crippen molar-refractivity contribution in [2.75, 3.05) is 38.2 Å². The van der Waals surface area contributed by atoms with Gasteiger partial charge in [0.15, 0.2) is 0 Å². The summed E-state index contributed by atoms with van der Waals surface area (Å²) in [6.07, 6.45) is 8.57. The predicted octanol–water partition coefficient (Wildman–Crippen LogP) is 1.52. The van der Waals surface area contributed by atoms with E-state index in [-0.39, 0.29) is 13.2 Å². The van der Waals surface area contributed by atoms with Crippen molar-refractivity contribution in [3.8, 4) is 5.88 Å². The van der Waals surface area contributed by atoms with Crippen LogP contribution in [0.15, 0.2) is 12.4 Å². The van der Waals surface area contributed by atoms with Crippen LogP contribution in [0.2, 0.25) is 0 Å². The van der Waals surface area contributed by atoms with Crippen molar-refractivity contribution in [2.24, 2.45) is 0 Å². The van der Waals surface area contributed by atoms with Gasteiger partial charge in [0.05, 0.1) is 19.0 Å². The zero-order chi connectivity index (χ0) is 14.9. The Morgan fingerprint density at radius 2 is 2.05 bits per heavy atom. The summed E-state index contributed by atoms with van der Waals surface area (Å²) in [5.41, 5.74) is 0. The lowest BCUT2D eigenvalue weighted by molar-refractivity contribution is 0.196. The molecular weight excluding hydrogens is 268 g/mol. The van der Waals surface area contributed by atoms with Crippen molar-refractivity contribution in [1.29, 1.82) is 0 Å². The summed E-state index contributed by atoms with van der Waals surface area (Å²) in [7, 11) is 0. The third-order valence-corrected chi connectivity index (χ3v) is 3.58. The molecule has 1 aliphatic rings. The van der Waals surface area contributed by atoms with E-state index in [0.29, 0.717) is 17.7 Å². The van der Waals surface area contributed by atoms with Crippen LogP contribution in [-0.4, -0.2) is 58.9 Å². The van der Waals surface area contributed by atoms with Crippen LogP contribution in [0.4, 0.5) is 5.82 Å². The molecule has 1 saturated heterocycles. The topological polar surface area (TPSA) is 70.5 Å². The molecule has 0 saturated carbocycles. The molecule has 1 unspecified atom stereocenters. The molecule has 0 aliphatic carbocycles. The van der Waals surface area contributed by atoms with Gasteiger partial charge in [-0.1, -0.05) is 12.8 Å². The van der Waals surface area contributed by atoms with Crippen molar-refractivity contribution in [2.45, 2.75) is 38.6 Å². The van der Waals surface area contributed by atoms with Crippen molar-refractivity contribution in [1.82, 2.24) is 14.9 Å². The van der Waals surface area contributed by atoms with Crippen molar-refractivity contribution >= 4 is 5.82 Å². The molecule has 1 aliphatic heterocycles. The van der Waals surface area contributed by atoms with Gasteiger partial charge < -0.3 is 20.1 Å². The molecular formula is C15H26N4O2. The number of ether oxygens (including phenoxy) is 1. The first-order valence-corrected chi connectivity index (χ1v) is 7.82. The van der Waals surface area contributed by atoms with Crippen LogP contribution in [0.1, 0.15) is 32.6 Å². The Morgan fingerprint density at radius 1 is 1.29 bits per heavy atom. The molecule has 2 heterocycles. The SMILES string of the molecule is CC(CN1CCCCCC1)Nc1cncc(OCCO)n1. The number of rotatable bonds is 7. The maximum Gasteiger partial charge on any atom is 0.234 e. The standard InChI is InChI=1S/C15H26N4O2/c1-13(12-19-6-4-2-3-5-7-19)17-14-10-16-11-15(18-14)21-9-8-20/h10-11,13,20H,2-9,12H2,1H3,(H,17,18). The highest BCUT2D eigenvalue weighted by molar-refractivity contribution is 5.34. The lowest BCUT2D eigenvalue weighted by atomic mass is 10.2. The average molecular weight is 294 g/mol. The second kappa shape index (κ2) is 8.79. The van der Waals surface area contributed by atoms with Crippen LogP contribution in [0.5, 0.6) is 5.88 Å². The van der Waals surface area contributed by atoms with Crippen LogP contribution < -0.4 is 10.1 Å². The number of hydrogen-bond donors (Lipinski definition) is 2. The van der Waals surface area contributed by atoms with Gasteiger partial charge in [0.25, 0.3) is 0 Å². The molecule has 21 heavy (non-hydrogen) atoms. The third kappa shape index (κ3) is 5.85. The summed E-state index contributed by atoms with van der Waals surface area (Å²) in [5.74, 6) is 1.16. The van der Waals surface area contributed by atoms with Crippen molar-refractivity contribution in [3.63, 3.8) is 0 Å². The number of aliphatic hydroxyl groups is 1. The second-order valence-corrected chi connectivity index (χ2v) is 5.57. The Balaban J connectivity index is 1.82. The monoisotopic (exact) mass is 294 g/mol. The van der Waals surface area contributed by atoms with E-state index in [9.17, 15) is 0 Å². The summed E-state index contributed by atoms with van der Waals surface area (Å²) in [4.78, 5) is 11.0. The molecule has 2 rings (SSSR count). The van der Waals surface area contributed by atoms with Gasteiger partial charge in [0, 0.05) is 12.6 Å². The van der Waals surface area contributed by atoms with E-state index < -0.39 is 0 Å². The van der Waals surface area contributed by atoms with Crippen LogP contribution in [0.25, 0.3) is 0 Å². The molecule has 0 spiro atoms. The largest absolute Gasteiger partial charge is 0.474 e.